The van der Waals surface area contributed by atoms with Crippen molar-refractivity contribution in [1.29, 1.82) is 0 Å². The monoisotopic (exact) mass is 386 g/mol. The molecule has 12 heteroatoms. The van der Waals surface area contributed by atoms with Gasteiger partial charge in [0.15, 0.2) is 0 Å². The zero-order valence-corrected chi connectivity index (χ0v) is 13.4. The summed E-state index contributed by atoms with van der Waals surface area (Å²) in [5.41, 5.74) is 0.679. The third kappa shape index (κ3) is 5.11. The van der Waals surface area contributed by atoms with Crippen LogP contribution in [-0.2, 0) is 15.8 Å². The Morgan fingerprint density at radius 3 is 2.54 bits per heavy atom. The van der Waals surface area contributed by atoms with E-state index in [2.05, 4.69) is 5.10 Å². The largest absolute Gasteiger partial charge is 0.416 e. The van der Waals surface area contributed by atoms with Gasteiger partial charge >= 0.3 is 23.0 Å². The molecule has 1 aromatic carbocycles. The number of hydrogen-bond donors (Lipinski definition) is 2. The fraction of sp³-hybridized carbons (Fsp3) is 0.0714. The van der Waals surface area contributed by atoms with Crippen LogP contribution in [0.25, 0.3) is 0 Å². The Kier molecular flexibility index (Phi) is 5.67. The Morgan fingerprint density at radius 1 is 1.19 bits per heavy atom. The third-order valence-electron chi connectivity index (χ3n) is 2.80. The molecule has 2 amide bonds. The number of amides is 2. The Labute approximate surface area is 147 Å². The van der Waals surface area contributed by atoms with E-state index in [1.165, 1.54) is 18.2 Å². The van der Waals surface area contributed by atoms with E-state index in [0.717, 1.165) is 29.7 Å². The lowest BCUT2D eigenvalue weighted by atomic mass is 10.2. The highest BCUT2D eigenvalue weighted by Crippen LogP contribution is 2.30. The number of halogens is 3. The number of nitrogens with one attached hydrogen (secondary N) is 2. The van der Waals surface area contributed by atoms with Crippen molar-refractivity contribution in [3.63, 3.8) is 0 Å². The fourth-order valence-electron chi connectivity index (χ4n) is 1.68. The number of hydrogen-bond acceptors (Lipinski definition) is 6. The quantitative estimate of drug-likeness (QED) is 0.364. The Hall–Kier alpha value is -3.28. The number of rotatable bonds is 4. The first-order valence-corrected chi connectivity index (χ1v) is 7.54. The molecule has 0 fully saturated rings. The number of hydrazone groups is 1. The number of nitro groups is 1. The van der Waals surface area contributed by atoms with E-state index in [1.54, 1.807) is 0 Å². The molecule has 1 aromatic heterocycles. The number of carbonyl (C=O) groups excluding carboxylic acids is 2. The van der Waals surface area contributed by atoms with Crippen LogP contribution in [0.1, 0.15) is 10.4 Å². The molecule has 0 radical (unpaired) electrons. The smallest absolute Gasteiger partial charge is 0.318 e. The molecule has 0 saturated carbocycles. The van der Waals surface area contributed by atoms with Gasteiger partial charge < -0.3 is 5.32 Å². The van der Waals surface area contributed by atoms with E-state index in [-0.39, 0.29) is 10.7 Å². The molecule has 0 aliphatic heterocycles. The maximum absolute atomic E-state index is 12.6. The number of anilines is 1. The van der Waals surface area contributed by atoms with Crippen molar-refractivity contribution in [2.75, 3.05) is 5.32 Å². The maximum Gasteiger partial charge on any atom is 0.416 e. The second-order valence-corrected chi connectivity index (χ2v) is 5.76. The molecule has 0 unspecified atom stereocenters. The Balaban J connectivity index is 1.94. The van der Waals surface area contributed by atoms with Gasteiger partial charge in [-0.15, -0.1) is 0 Å². The molecule has 0 spiro atoms. The molecule has 0 aliphatic rings. The summed E-state index contributed by atoms with van der Waals surface area (Å²) in [6.07, 6.45) is -3.50. The molecular weight excluding hydrogens is 377 g/mol. The lowest BCUT2D eigenvalue weighted by Gasteiger charge is -2.09. The summed E-state index contributed by atoms with van der Waals surface area (Å²) in [6, 6.07) is 6.40. The molecule has 8 nitrogen and oxygen atoms in total. The summed E-state index contributed by atoms with van der Waals surface area (Å²) >= 11 is 0.801. The van der Waals surface area contributed by atoms with E-state index in [4.69, 9.17) is 0 Å². The van der Waals surface area contributed by atoms with Crippen molar-refractivity contribution >= 4 is 40.1 Å². The van der Waals surface area contributed by atoms with Gasteiger partial charge in [-0.3, -0.25) is 19.7 Å². The first-order valence-electron chi connectivity index (χ1n) is 6.72. The van der Waals surface area contributed by atoms with Gasteiger partial charge in [-0.1, -0.05) is 17.4 Å². The van der Waals surface area contributed by atoms with E-state index in [0.29, 0.717) is 10.9 Å². The van der Waals surface area contributed by atoms with Gasteiger partial charge in [0.1, 0.15) is 0 Å². The number of carbonyl (C=O) groups is 2. The van der Waals surface area contributed by atoms with E-state index in [1.807, 2.05) is 10.7 Å². The van der Waals surface area contributed by atoms with Crippen molar-refractivity contribution in [2.45, 2.75) is 6.18 Å². The first kappa shape index (κ1) is 19.1. The highest BCUT2D eigenvalue weighted by Gasteiger charge is 2.30. The number of thiophene rings is 1. The number of benzene rings is 1. The third-order valence-corrected chi connectivity index (χ3v) is 3.78. The Bertz CT molecular complexity index is 879. The molecule has 2 N–H and O–H groups in total. The topological polar surface area (TPSA) is 114 Å². The molecular formula is C14H9F3N4O4S. The van der Waals surface area contributed by atoms with Crippen LogP contribution in [0.15, 0.2) is 41.5 Å². The minimum atomic E-state index is -4.59. The standard InChI is InChI=1S/C14H9F3N4O4S/c15-14(16,17)8-2-1-3-9(6-8)19-12(22)13(23)20-18-7-10-4-5-11(26-10)21(24)25/h1-7H,(H,19,22)(H,20,23). The molecule has 2 rings (SSSR count). The number of nitrogens with zero attached hydrogens (tertiary/aromatic N) is 2. The van der Waals surface area contributed by atoms with Crippen LogP contribution in [0.3, 0.4) is 0 Å². The van der Waals surface area contributed by atoms with Crippen LogP contribution in [0.5, 0.6) is 0 Å². The predicted molar refractivity (Wildman–Crippen MR) is 86.8 cm³/mol. The lowest BCUT2D eigenvalue weighted by molar-refractivity contribution is -0.380. The van der Waals surface area contributed by atoms with Gasteiger partial charge in [-0.05, 0) is 24.3 Å². The lowest BCUT2D eigenvalue weighted by Crippen LogP contribution is -2.32. The molecule has 0 saturated heterocycles. The predicted octanol–water partition coefficient (Wildman–Crippen LogP) is 2.76. The molecule has 0 bridgehead atoms. The van der Waals surface area contributed by atoms with E-state index >= 15 is 0 Å². The average Bonchev–Trinajstić information content (AvgIpc) is 3.03. The van der Waals surface area contributed by atoms with Crippen molar-refractivity contribution in [2.24, 2.45) is 5.10 Å². The molecule has 26 heavy (non-hydrogen) atoms. The average molecular weight is 386 g/mol. The fourth-order valence-corrected chi connectivity index (χ4v) is 2.37. The SMILES string of the molecule is O=C(NN=Cc1ccc([N+](=O)[O-])s1)C(=O)Nc1cccc(C(F)(F)F)c1. The molecule has 2 aromatic rings. The van der Waals surface area contributed by atoms with Gasteiger partial charge in [0.2, 0.25) is 0 Å². The van der Waals surface area contributed by atoms with Crippen LogP contribution in [0, 0.1) is 10.1 Å². The Morgan fingerprint density at radius 2 is 1.92 bits per heavy atom. The van der Waals surface area contributed by atoms with E-state index in [9.17, 15) is 32.9 Å². The van der Waals surface area contributed by atoms with Crippen LogP contribution in [0.2, 0.25) is 0 Å². The highest BCUT2D eigenvalue weighted by molar-refractivity contribution is 7.16. The normalized spacial score (nSPS) is 11.3. The second kappa shape index (κ2) is 7.74. The molecule has 136 valence electrons. The van der Waals surface area contributed by atoms with E-state index < -0.39 is 28.5 Å². The zero-order chi connectivity index (χ0) is 19.3. The summed E-state index contributed by atoms with van der Waals surface area (Å²) in [6.45, 7) is 0. The van der Waals surface area contributed by atoms with Crippen molar-refractivity contribution < 1.29 is 27.7 Å². The van der Waals surface area contributed by atoms with Crippen molar-refractivity contribution in [3.05, 3.63) is 57.0 Å². The van der Waals surface area contributed by atoms with Gasteiger partial charge in [-0.2, -0.15) is 18.3 Å². The van der Waals surface area contributed by atoms with Gasteiger partial charge in [-0.25, -0.2) is 5.43 Å². The van der Waals surface area contributed by atoms with Crippen molar-refractivity contribution in [3.8, 4) is 0 Å². The molecule has 0 aliphatic carbocycles. The van der Waals surface area contributed by atoms with Crippen molar-refractivity contribution in [1.82, 2.24) is 5.43 Å². The summed E-state index contributed by atoms with van der Waals surface area (Å²) in [7, 11) is 0. The molecule has 0 atom stereocenters. The maximum atomic E-state index is 12.6. The zero-order valence-electron chi connectivity index (χ0n) is 12.6. The van der Waals surface area contributed by atoms with Gasteiger partial charge in [0.25, 0.3) is 0 Å². The minimum Gasteiger partial charge on any atom is -0.318 e. The van der Waals surface area contributed by atoms with Gasteiger partial charge in [0.05, 0.1) is 21.6 Å². The highest BCUT2D eigenvalue weighted by atomic mass is 32.1. The minimum absolute atomic E-state index is 0.125. The number of alkyl halides is 3. The molecule has 1 heterocycles. The summed E-state index contributed by atoms with van der Waals surface area (Å²) in [5.74, 6) is -2.44. The van der Waals surface area contributed by atoms with Crippen LogP contribution >= 0.6 is 11.3 Å². The second-order valence-electron chi connectivity index (χ2n) is 4.66. The first-order chi connectivity index (χ1) is 12.2. The van der Waals surface area contributed by atoms with Crippen LogP contribution < -0.4 is 10.7 Å². The van der Waals surface area contributed by atoms with Crippen LogP contribution in [-0.4, -0.2) is 23.0 Å². The van der Waals surface area contributed by atoms with Gasteiger partial charge in [0, 0.05) is 11.8 Å². The summed E-state index contributed by atoms with van der Waals surface area (Å²) < 4.78 is 37.8. The summed E-state index contributed by atoms with van der Waals surface area (Å²) in [4.78, 5) is 33.5. The van der Waals surface area contributed by atoms with Crippen LogP contribution in [0.4, 0.5) is 23.9 Å². The summed E-state index contributed by atoms with van der Waals surface area (Å²) in [5, 5.41) is 15.9.